The fourth-order valence-electron chi connectivity index (χ4n) is 11.1. The molecule has 6 rings (SSSR count). The third kappa shape index (κ3) is 11.8. The fraction of sp³-hybridized carbons (Fsp3) is 0.680. The summed E-state index contributed by atoms with van der Waals surface area (Å²) in [6, 6.07) is 6.31. The van der Waals surface area contributed by atoms with Crippen LogP contribution >= 0.6 is 0 Å². The van der Waals surface area contributed by atoms with E-state index < -0.39 is 23.3 Å². The van der Waals surface area contributed by atoms with Crippen LogP contribution in [0, 0.1) is 58.8 Å². The SMILES string of the molecule is CC/C=C/C1CCC(C2CCC(c3cc(F)c(CCCOCCCc4c(F)cc(C5CCC(C6CCC(/C=C/CC)CC6)CC5)cc4F)c(F)c3)CC2)CC1. The quantitative estimate of drug-likeness (QED) is 0.0940. The highest BCUT2D eigenvalue weighted by molar-refractivity contribution is 5.30. The van der Waals surface area contributed by atoms with Crippen LogP contribution in [0.25, 0.3) is 0 Å². The van der Waals surface area contributed by atoms with E-state index in [1.54, 1.807) is 24.3 Å². The molecule has 0 aliphatic heterocycles. The van der Waals surface area contributed by atoms with Gasteiger partial charge in [-0.25, -0.2) is 17.6 Å². The molecule has 0 amide bonds. The maximum Gasteiger partial charge on any atom is 0.129 e. The molecule has 0 atom stereocenters. The molecular formula is C50H70F4O. The monoisotopic (exact) mass is 763 g/mol. The van der Waals surface area contributed by atoms with Crippen LogP contribution < -0.4 is 0 Å². The Balaban J connectivity index is 0.864. The topological polar surface area (TPSA) is 9.23 Å². The van der Waals surface area contributed by atoms with Crippen LogP contribution in [0.5, 0.6) is 0 Å². The van der Waals surface area contributed by atoms with Crippen molar-refractivity contribution in [2.75, 3.05) is 13.2 Å². The van der Waals surface area contributed by atoms with Crippen LogP contribution in [0.1, 0.15) is 176 Å². The Morgan fingerprint density at radius 3 is 1.09 bits per heavy atom. The Morgan fingerprint density at radius 1 is 0.473 bits per heavy atom. The molecule has 304 valence electrons. The summed E-state index contributed by atoms with van der Waals surface area (Å²) in [5.74, 6) is 3.32. The first kappa shape index (κ1) is 42.2. The Kier molecular flexibility index (Phi) is 16.4. The Labute approximate surface area is 331 Å². The predicted molar refractivity (Wildman–Crippen MR) is 219 cm³/mol. The van der Waals surface area contributed by atoms with Crippen molar-refractivity contribution in [1.82, 2.24) is 0 Å². The number of ether oxygens (including phenoxy) is 1. The normalized spacial score (nSPS) is 29.3. The maximum absolute atomic E-state index is 15.2. The van der Waals surface area contributed by atoms with Gasteiger partial charge in [0.15, 0.2) is 0 Å². The molecule has 2 aromatic carbocycles. The van der Waals surface area contributed by atoms with Gasteiger partial charge >= 0.3 is 0 Å². The second-order valence-electron chi connectivity index (χ2n) is 18.0. The molecule has 0 N–H and O–H groups in total. The van der Waals surface area contributed by atoms with E-state index >= 15 is 17.6 Å². The number of hydrogen-bond donors (Lipinski definition) is 0. The fourth-order valence-corrected chi connectivity index (χ4v) is 11.1. The van der Waals surface area contributed by atoms with Gasteiger partial charge in [0.25, 0.3) is 0 Å². The predicted octanol–water partition coefficient (Wildman–Crippen LogP) is 14.9. The minimum atomic E-state index is -0.448. The smallest absolute Gasteiger partial charge is 0.129 e. The van der Waals surface area contributed by atoms with Crippen LogP contribution in [0.15, 0.2) is 48.6 Å². The van der Waals surface area contributed by atoms with Gasteiger partial charge in [0, 0.05) is 24.3 Å². The summed E-state index contributed by atoms with van der Waals surface area (Å²) in [5, 5.41) is 0. The summed E-state index contributed by atoms with van der Waals surface area (Å²) < 4.78 is 66.5. The third-order valence-corrected chi connectivity index (χ3v) is 14.5. The highest BCUT2D eigenvalue weighted by atomic mass is 19.1. The van der Waals surface area contributed by atoms with Gasteiger partial charge in [-0.1, -0.05) is 38.2 Å². The lowest BCUT2D eigenvalue weighted by Crippen LogP contribution is -2.25. The molecule has 5 heteroatoms. The van der Waals surface area contributed by atoms with Crippen molar-refractivity contribution in [2.45, 2.75) is 167 Å². The van der Waals surface area contributed by atoms with E-state index in [0.29, 0.717) is 26.1 Å². The molecule has 55 heavy (non-hydrogen) atoms. The van der Waals surface area contributed by atoms with E-state index in [2.05, 4.69) is 38.2 Å². The van der Waals surface area contributed by atoms with E-state index in [4.69, 9.17) is 4.74 Å². The minimum Gasteiger partial charge on any atom is -0.381 e. The zero-order valence-electron chi connectivity index (χ0n) is 34.1. The van der Waals surface area contributed by atoms with Crippen molar-refractivity contribution in [2.24, 2.45) is 35.5 Å². The van der Waals surface area contributed by atoms with Crippen LogP contribution in [-0.4, -0.2) is 13.2 Å². The molecule has 4 saturated carbocycles. The second kappa shape index (κ2) is 21.4. The van der Waals surface area contributed by atoms with E-state index in [9.17, 15) is 0 Å². The number of hydrogen-bond acceptors (Lipinski definition) is 1. The molecule has 4 aliphatic rings. The molecule has 2 aromatic rings. The second-order valence-corrected chi connectivity index (χ2v) is 18.0. The molecule has 0 saturated heterocycles. The number of rotatable bonds is 16. The van der Waals surface area contributed by atoms with Crippen molar-refractivity contribution in [3.63, 3.8) is 0 Å². The first-order valence-electron chi connectivity index (χ1n) is 22.7. The van der Waals surface area contributed by atoms with E-state index in [1.807, 2.05) is 0 Å². The van der Waals surface area contributed by atoms with Gasteiger partial charge < -0.3 is 4.74 Å². The molecule has 0 aromatic heterocycles. The van der Waals surface area contributed by atoms with Gasteiger partial charge in [-0.05, 0) is 224 Å². The Bertz CT molecular complexity index is 1350. The lowest BCUT2D eigenvalue weighted by molar-refractivity contribution is 0.129. The van der Waals surface area contributed by atoms with Crippen molar-refractivity contribution < 1.29 is 22.3 Å². The van der Waals surface area contributed by atoms with Crippen LogP contribution in [-0.2, 0) is 17.6 Å². The zero-order chi connectivity index (χ0) is 38.6. The summed E-state index contributed by atoms with van der Waals surface area (Å²) in [7, 11) is 0. The van der Waals surface area contributed by atoms with E-state index in [1.165, 1.54) is 51.4 Å². The van der Waals surface area contributed by atoms with Crippen molar-refractivity contribution in [1.29, 1.82) is 0 Å². The zero-order valence-corrected chi connectivity index (χ0v) is 34.1. The van der Waals surface area contributed by atoms with Gasteiger partial charge in [-0.3, -0.25) is 0 Å². The van der Waals surface area contributed by atoms with Crippen molar-refractivity contribution >= 4 is 0 Å². The highest BCUT2D eigenvalue weighted by Crippen LogP contribution is 2.46. The maximum atomic E-state index is 15.2. The van der Waals surface area contributed by atoms with Gasteiger partial charge in [-0.15, -0.1) is 0 Å². The van der Waals surface area contributed by atoms with Crippen LogP contribution in [0.4, 0.5) is 17.6 Å². The Hall–Kier alpha value is -2.40. The minimum absolute atomic E-state index is 0.134. The molecular weight excluding hydrogens is 693 g/mol. The van der Waals surface area contributed by atoms with Crippen molar-refractivity contribution in [3.05, 3.63) is 94.1 Å². The third-order valence-electron chi connectivity index (χ3n) is 14.5. The molecule has 4 aliphatic carbocycles. The summed E-state index contributed by atoms with van der Waals surface area (Å²) in [5.41, 5.74) is 1.89. The summed E-state index contributed by atoms with van der Waals surface area (Å²) in [4.78, 5) is 0. The number of halogens is 4. The van der Waals surface area contributed by atoms with Crippen LogP contribution in [0.3, 0.4) is 0 Å². The molecule has 4 fully saturated rings. The number of benzene rings is 2. The first-order chi connectivity index (χ1) is 26.8. The summed E-state index contributed by atoms with van der Waals surface area (Å²) in [6.07, 6.45) is 32.4. The van der Waals surface area contributed by atoms with Gasteiger partial charge in [0.05, 0.1) is 0 Å². The number of allylic oxidation sites excluding steroid dienone is 4. The average molecular weight is 763 g/mol. The molecule has 1 nitrogen and oxygen atoms in total. The molecule has 0 bridgehead atoms. The van der Waals surface area contributed by atoms with Crippen molar-refractivity contribution in [3.8, 4) is 0 Å². The molecule has 0 radical (unpaired) electrons. The van der Waals surface area contributed by atoms with E-state index in [-0.39, 0.29) is 35.8 Å². The van der Waals surface area contributed by atoms with Gasteiger partial charge in [0.2, 0.25) is 0 Å². The molecule has 0 spiro atoms. The summed E-state index contributed by atoms with van der Waals surface area (Å²) >= 11 is 0. The van der Waals surface area contributed by atoms with Gasteiger partial charge in [-0.2, -0.15) is 0 Å². The lowest BCUT2D eigenvalue weighted by Gasteiger charge is -2.37. The largest absolute Gasteiger partial charge is 0.381 e. The Morgan fingerprint density at radius 2 is 0.782 bits per heavy atom. The summed E-state index contributed by atoms with van der Waals surface area (Å²) in [6.45, 7) is 5.10. The molecule has 0 unspecified atom stereocenters. The van der Waals surface area contributed by atoms with Crippen LogP contribution in [0.2, 0.25) is 0 Å². The van der Waals surface area contributed by atoms with E-state index in [0.717, 1.165) is 111 Å². The lowest BCUT2D eigenvalue weighted by atomic mass is 9.68. The van der Waals surface area contributed by atoms with Gasteiger partial charge in [0.1, 0.15) is 23.3 Å². The standard InChI is InChI=1S/C50H70F4O/c1-3-5-9-35-13-17-37(18-14-35)39-21-25-41(26-22-39)43-31-47(51)45(48(52)32-43)11-7-29-55-30-8-12-46-49(53)33-44(34-50(46)54)42-27-23-40(24-28-42)38-19-15-36(16-20-38)10-6-4-2/h5-6,9-10,31-42H,3-4,7-8,11-30H2,1-2H3/b9-5+,10-6+. The average Bonchev–Trinajstić information content (AvgIpc) is 3.21. The highest BCUT2D eigenvalue weighted by Gasteiger charge is 2.33. The first-order valence-corrected chi connectivity index (χ1v) is 22.7. The molecule has 0 heterocycles.